The van der Waals surface area contributed by atoms with Crippen LogP contribution in [0.5, 0.6) is 0 Å². The number of benzene rings is 2. The van der Waals surface area contributed by atoms with Crippen LogP contribution in [-0.2, 0) is 25.9 Å². The second kappa shape index (κ2) is 6.49. The summed E-state index contributed by atoms with van der Waals surface area (Å²) in [5.74, 6) is 0. The Morgan fingerprint density at radius 2 is 1.92 bits per heavy atom. The van der Waals surface area contributed by atoms with Crippen molar-refractivity contribution in [2.45, 2.75) is 39.8 Å². The zero-order valence-electron chi connectivity index (χ0n) is 15.0. The second-order valence-corrected chi connectivity index (χ2v) is 7.16. The number of aromatic amines is 1. The Kier molecular flexibility index (Phi) is 4.18. The number of rotatable bonds is 3. The maximum absolute atomic E-state index is 13.1. The smallest absolute Gasteiger partial charge is 0.198 e. The van der Waals surface area contributed by atoms with Gasteiger partial charge in [-0.1, -0.05) is 37.3 Å². The highest BCUT2D eigenvalue weighted by atomic mass is 16.1. The van der Waals surface area contributed by atoms with Gasteiger partial charge in [0.15, 0.2) is 5.43 Å². The first-order valence-electron chi connectivity index (χ1n) is 9.20. The van der Waals surface area contributed by atoms with E-state index in [1.165, 1.54) is 21.6 Å². The number of hydrogen-bond donors (Lipinski definition) is 2. The molecule has 0 saturated heterocycles. The van der Waals surface area contributed by atoms with Gasteiger partial charge in [-0.05, 0) is 36.6 Å². The number of hydrogen-bond acceptors (Lipinski definition) is 1. The van der Waals surface area contributed by atoms with Crippen LogP contribution in [0.2, 0.25) is 0 Å². The van der Waals surface area contributed by atoms with Crippen molar-refractivity contribution in [1.29, 1.82) is 0 Å². The van der Waals surface area contributed by atoms with Gasteiger partial charge >= 0.3 is 0 Å². The predicted molar refractivity (Wildman–Crippen MR) is 102 cm³/mol. The highest BCUT2D eigenvalue weighted by molar-refractivity contribution is 5.80. The number of H-pyrrole nitrogens is 1. The van der Waals surface area contributed by atoms with E-state index in [2.05, 4.69) is 48.3 Å². The third-order valence-electron chi connectivity index (χ3n) is 5.52. The van der Waals surface area contributed by atoms with Crippen molar-refractivity contribution in [3.05, 3.63) is 80.6 Å². The molecule has 0 spiro atoms. The maximum Gasteiger partial charge on any atom is 0.198 e. The zero-order chi connectivity index (χ0) is 17.4. The van der Waals surface area contributed by atoms with Gasteiger partial charge in [-0.3, -0.25) is 4.79 Å². The first-order valence-corrected chi connectivity index (χ1v) is 9.20. The van der Waals surface area contributed by atoms with Crippen LogP contribution in [0.15, 0.2) is 47.3 Å². The molecule has 25 heavy (non-hydrogen) atoms. The molecule has 0 fully saturated rings. The normalized spacial score (nSPS) is 16.8. The topological polar surface area (TPSA) is 37.3 Å². The highest BCUT2D eigenvalue weighted by Gasteiger charge is 2.21. The minimum absolute atomic E-state index is 0.202. The van der Waals surface area contributed by atoms with Crippen LogP contribution in [0, 0.1) is 6.92 Å². The van der Waals surface area contributed by atoms with Crippen molar-refractivity contribution in [3.8, 4) is 0 Å². The zero-order valence-corrected chi connectivity index (χ0v) is 15.0. The largest absolute Gasteiger partial charge is 0.358 e. The Labute approximate surface area is 148 Å². The molecule has 0 radical (unpaired) electrons. The summed E-state index contributed by atoms with van der Waals surface area (Å²) < 4.78 is 0. The second-order valence-electron chi connectivity index (χ2n) is 7.16. The Morgan fingerprint density at radius 1 is 1.12 bits per heavy atom. The van der Waals surface area contributed by atoms with E-state index in [0.717, 1.165) is 54.6 Å². The van der Waals surface area contributed by atoms with Crippen molar-refractivity contribution in [1.82, 2.24) is 4.98 Å². The molecule has 3 aromatic rings. The third kappa shape index (κ3) is 3.00. The molecule has 3 heteroatoms. The molecule has 2 N–H and O–H groups in total. The fraction of sp³-hybridized carbons (Fsp3) is 0.318. The van der Waals surface area contributed by atoms with Gasteiger partial charge in [-0.2, -0.15) is 0 Å². The summed E-state index contributed by atoms with van der Waals surface area (Å²) >= 11 is 0. The maximum atomic E-state index is 13.1. The summed E-state index contributed by atoms with van der Waals surface area (Å²) in [7, 11) is 0. The Hall–Kier alpha value is -2.39. The molecule has 0 amide bonds. The third-order valence-corrected chi connectivity index (χ3v) is 5.52. The molecule has 2 heterocycles. The lowest BCUT2D eigenvalue weighted by molar-refractivity contribution is -0.929. The molecule has 1 aliphatic rings. The molecular formula is C22H25N2O+. The quantitative estimate of drug-likeness (QED) is 0.759. The van der Waals surface area contributed by atoms with Crippen LogP contribution in [-0.4, -0.2) is 11.5 Å². The minimum Gasteiger partial charge on any atom is -0.358 e. The van der Waals surface area contributed by atoms with Crippen LogP contribution in [0.1, 0.15) is 34.9 Å². The molecule has 0 saturated carbocycles. The Bertz CT molecular complexity index is 987. The molecular weight excluding hydrogens is 308 g/mol. The van der Waals surface area contributed by atoms with Crippen LogP contribution in [0.25, 0.3) is 10.9 Å². The molecule has 2 aromatic carbocycles. The van der Waals surface area contributed by atoms with Gasteiger partial charge in [0.1, 0.15) is 13.1 Å². The SMILES string of the molecule is CCc1ccc2[nH]c(C)c(C[NH+]3CCc4ccccc4C3)c(=O)c2c1. The molecule has 0 bridgehead atoms. The van der Waals surface area contributed by atoms with Gasteiger partial charge in [0.05, 0.1) is 12.1 Å². The van der Waals surface area contributed by atoms with E-state index in [-0.39, 0.29) is 5.43 Å². The average Bonchev–Trinajstić information content (AvgIpc) is 2.65. The summed E-state index contributed by atoms with van der Waals surface area (Å²) in [5.41, 5.74) is 7.19. The number of aryl methyl sites for hydroxylation is 2. The van der Waals surface area contributed by atoms with E-state index in [9.17, 15) is 4.79 Å². The number of fused-ring (bicyclic) bond motifs is 2. The van der Waals surface area contributed by atoms with Gasteiger partial charge < -0.3 is 9.88 Å². The lowest BCUT2D eigenvalue weighted by atomic mass is 9.99. The fourth-order valence-electron chi connectivity index (χ4n) is 3.98. The van der Waals surface area contributed by atoms with Gasteiger partial charge in [-0.15, -0.1) is 0 Å². The molecule has 3 nitrogen and oxygen atoms in total. The summed E-state index contributed by atoms with van der Waals surface area (Å²) in [5, 5.41) is 0.830. The Balaban J connectivity index is 1.69. The number of pyridine rings is 1. The molecule has 0 aliphatic carbocycles. The average molecular weight is 333 g/mol. The van der Waals surface area contributed by atoms with Gasteiger partial charge in [0.25, 0.3) is 0 Å². The van der Waals surface area contributed by atoms with Crippen LogP contribution in [0.3, 0.4) is 0 Å². The van der Waals surface area contributed by atoms with E-state index >= 15 is 0 Å². The van der Waals surface area contributed by atoms with Crippen molar-refractivity contribution in [2.75, 3.05) is 6.54 Å². The molecule has 4 rings (SSSR count). The van der Waals surface area contributed by atoms with Crippen molar-refractivity contribution in [3.63, 3.8) is 0 Å². The standard InChI is InChI=1S/C22H24N2O/c1-3-16-8-9-21-19(12-16)22(25)20(15(2)23-21)14-24-11-10-17-6-4-5-7-18(17)13-24/h4-9,12H,3,10-11,13-14H2,1-2H3,(H,23,25)/p+1. The predicted octanol–water partition coefficient (Wildman–Crippen LogP) is 2.54. The number of quaternary nitrogens is 1. The summed E-state index contributed by atoms with van der Waals surface area (Å²) in [6.45, 7) is 7.04. The summed E-state index contributed by atoms with van der Waals surface area (Å²) in [6, 6.07) is 14.9. The van der Waals surface area contributed by atoms with Gasteiger partial charge in [0, 0.05) is 28.6 Å². The number of nitrogens with one attached hydrogen (secondary N) is 2. The highest BCUT2D eigenvalue weighted by Crippen LogP contribution is 2.15. The molecule has 1 atom stereocenters. The van der Waals surface area contributed by atoms with E-state index in [1.54, 1.807) is 0 Å². The van der Waals surface area contributed by atoms with E-state index in [4.69, 9.17) is 0 Å². The lowest BCUT2D eigenvalue weighted by Gasteiger charge is -2.26. The molecule has 128 valence electrons. The van der Waals surface area contributed by atoms with Gasteiger partial charge in [0.2, 0.25) is 0 Å². The van der Waals surface area contributed by atoms with Crippen LogP contribution < -0.4 is 10.3 Å². The fourth-order valence-corrected chi connectivity index (χ4v) is 3.98. The van der Waals surface area contributed by atoms with E-state index in [0.29, 0.717) is 0 Å². The molecule has 1 unspecified atom stereocenters. The molecule has 1 aromatic heterocycles. The first kappa shape index (κ1) is 16.1. The van der Waals surface area contributed by atoms with E-state index < -0.39 is 0 Å². The monoisotopic (exact) mass is 333 g/mol. The lowest BCUT2D eigenvalue weighted by Crippen LogP contribution is -3.10. The van der Waals surface area contributed by atoms with Crippen molar-refractivity contribution >= 4 is 10.9 Å². The first-order chi connectivity index (χ1) is 12.2. The summed E-state index contributed by atoms with van der Waals surface area (Å²) in [6.07, 6.45) is 2.04. The summed E-state index contributed by atoms with van der Waals surface area (Å²) in [4.78, 5) is 18.0. The van der Waals surface area contributed by atoms with Crippen LogP contribution >= 0.6 is 0 Å². The van der Waals surface area contributed by atoms with Crippen LogP contribution in [0.4, 0.5) is 0 Å². The van der Waals surface area contributed by atoms with Gasteiger partial charge in [-0.25, -0.2) is 0 Å². The molecule has 1 aliphatic heterocycles. The minimum atomic E-state index is 0.202. The van der Waals surface area contributed by atoms with Crippen molar-refractivity contribution < 1.29 is 4.90 Å². The number of aromatic nitrogens is 1. The van der Waals surface area contributed by atoms with E-state index in [1.807, 2.05) is 13.0 Å². The Morgan fingerprint density at radius 3 is 2.72 bits per heavy atom. The van der Waals surface area contributed by atoms with Crippen molar-refractivity contribution in [2.24, 2.45) is 0 Å².